The highest BCUT2D eigenvalue weighted by molar-refractivity contribution is 5.70. The minimum absolute atomic E-state index is 0.118. The van der Waals surface area contributed by atoms with Crippen LogP contribution in [0, 0.1) is 0 Å². The molecule has 0 aromatic rings. The van der Waals surface area contributed by atoms with Gasteiger partial charge in [0.15, 0.2) is 0 Å². The van der Waals surface area contributed by atoms with Crippen LogP contribution in [0.25, 0.3) is 0 Å². The van der Waals surface area contributed by atoms with Gasteiger partial charge in [0.25, 0.3) is 0 Å². The Labute approximate surface area is 67.2 Å². The maximum absolute atomic E-state index is 10.3. The molecule has 0 fully saturated rings. The predicted octanol–water partition coefficient (Wildman–Crippen LogP) is 2.37. The zero-order chi connectivity index (χ0) is 8.69. The minimum atomic E-state index is -0.779. The van der Waals surface area contributed by atoms with Crippen molar-refractivity contribution >= 4 is 5.97 Å². The van der Waals surface area contributed by atoms with Crippen molar-refractivity contribution in [1.29, 1.82) is 0 Å². The summed E-state index contributed by atoms with van der Waals surface area (Å²) in [7, 11) is 0. The highest BCUT2D eigenvalue weighted by Gasteiger charge is 1.97. The lowest BCUT2D eigenvalue weighted by Gasteiger charge is -1.94. The highest BCUT2D eigenvalue weighted by Crippen LogP contribution is 2.03. The molecule has 0 amide bonds. The molecule has 0 spiro atoms. The molecule has 2 nitrogen and oxygen atoms in total. The van der Waals surface area contributed by atoms with Gasteiger partial charge in [0.2, 0.25) is 0 Å². The lowest BCUT2D eigenvalue weighted by Crippen LogP contribution is -1.94. The standard InChI is InChI=1S/C9H14O2/c1-3-5-6-8(4-2)7-9(10)11/h4-6H,3,7H2,1-2H3,(H,10,11)/b6-5-,8-4+. The summed E-state index contributed by atoms with van der Waals surface area (Å²) in [5.74, 6) is -0.779. The molecule has 0 bridgehead atoms. The van der Waals surface area contributed by atoms with Crippen LogP contribution in [-0.4, -0.2) is 11.1 Å². The molecule has 0 rings (SSSR count). The fourth-order valence-electron chi connectivity index (χ4n) is 0.701. The molecule has 62 valence electrons. The first-order valence-corrected chi connectivity index (χ1v) is 3.74. The Morgan fingerprint density at radius 3 is 2.55 bits per heavy atom. The van der Waals surface area contributed by atoms with Crippen molar-refractivity contribution in [2.45, 2.75) is 26.7 Å². The largest absolute Gasteiger partial charge is 0.481 e. The molecule has 0 aliphatic carbocycles. The third kappa shape index (κ3) is 5.40. The molecule has 0 unspecified atom stereocenters. The van der Waals surface area contributed by atoms with Crippen LogP contribution in [0.2, 0.25) is 0 Å². The van der Waals surface area contributed by atoms with E-state index in [1.165, 1.54) is 0 Å². The van der Waals surface area contributed by atoms with E-state index >= 15 is 0 Å². The Hall–Kier alpha value is -1.05. The van der Waals surface area contributed by atoms with E-state index in [-0.39, 0.29) is 6.42 Å². The lowest BCUT2D eigenvalue weighted by atomic mass is 10.1. The van der Waals surface area contributed by atoms with Crippen molar-refractivity contribution in [3.8, 4) is 0 Å². The van der Waals surface area contributed by atoms with Crippen LogP contribution in [0.15, 0.2) is 23.8 Å². The van der Waals surface area contributed by atoms with Gasteiger partial charge in [-0.05, 0) is 18.9 Å². The summed E-state index contributed by atoms with van der Waals surface area (Å²) in [6.07, 6.45) is 6.69. The van der Waals surface area contributed by atoms with Crippen LogP contribution in [0.5, 0.6) is 0 Å². The van der Waals surface area contributed by atoms with Gasteiger partial charge >= 0.3 is 5.97 Å². The van der Waals surface area contributed by atoms with Crippen molar-refractivity contribution in [1.82, 2.24) is 0 Å². The van der Waals surface area contributed by atoms with E-state index < -0.39 is 5.97 Å². The van der Waals surface area contributed by atoms with E-state index in [2.05, 4.69) is 0 Å². The maximum Gasteiger partial charge on any atom is 0.307 e. The number of carboxylic acids is 1. The second-order valence-electron chi connectivity index (χ2n) is 2.24. The number of hydrogen-bond acceptors (Lipinski definition) is 1. The normalized spacial score (nSPS) is 12.4. The van der Waals surface area contributed by atoms with Crippen molar-refractivity contribution in [3.63, 3.8) is 0 Å². The Morgan fingerprint density at radius 1 is 1.55 bits per heavy atom. The summed E-state index contributed by atoms with van der Waals surface area (Å²) in [6, 6.07) is 0. The van der Waals surface area contributed by atoms with Gasteiger partial charge < -0.3 is 5.11 Å². The molecule has 0 aromatic heterocycles. The second kappa shape index (κ2) is 5.71. The summed E-state index contributed by atoms with van der Waals surface area (Å²) in [5.41, 5.74) is 0.861. The molecule has 0 atom stereocenters. The van der Waals surface area contributed by atoms with Crippen molar-refractivity contribution in [3.05, 3.63) is 23.8 Å². The first-order valence-electron chi connectivity index (χ1n) is 3.74. The van der Waals surface area contributed by atoms with Gasteiger partial charge in [-0.15, -0.1) is 0 Å². The fourth-order valence-corrected chi connectivity index (χ4v) is 0.701. The predicted molar refractivity (Wildman–Crippen MR) is 45.4 cm³/mol. The second-order valence-corrected chi connectivity index (χ2v) is 2.24. The fraction of sp³-hybridized carbons (Fsp3) is 0.444. The Morgan fingerprint density at radius 2 is 2.18 bits per heavy atom. The Balaban J connectivity index is 3.98. The number of carbonyl (C=O) groups is 1. The molecule has 2 heteroatoms. The van der Waals surface area contributed by atoms with Gasteiger partial charge in [-0.3, -0.25) is 4.79 Å². The van der Waals surface area contributed by atoms with Crippen LogP contribution < -0.4 is 0 Å². The smallest absolute Gasteiger partial charge is 0.307 e. The third-order valence-corrected chi connectivity index (χ3v) is 1.29. The molecule has 1 N–H and O–H groups in total. The highest BCUT2D eigenvalue weighted by atomic mass is 16.4. The molecule has 0 radical (unpaired) electrons. The minimum Gasteiger partial charge on any atom is -0.481 e. The summed E-state index contributed by atoms with van der Waals surface area (Å²) < 4.78 is 0. The van der Waals surface area contributed by atoms with Crippen molar-refractivity contribution in [2.75, 3.05) is 0 Å². The quantitative estimate of drug-likeness (QED) is 0.631. The van der Waals surface area contributed by atoms with Gasteiger partial charge in [0.1, 0.15) is 0 Å². The first kappa shape index (κ1) is 9.95. The van der Waals surface area contributed by atoms with Crippen LogP contribution in [0.1, 0.15) is 26.7 Å². The van der Waals surface area contributed by atoms with Crippen molar-refractivity contribution in [2.24, 2.45) is 0 Å². The van der Waals surface area contributed by atoms with E-state index in [0.717, 1.165) is 12.0 Å². The number of carboxylic acid groups (broad SMARTS) is 1. The zero-order valence-electron chi connectivity index (χ0n) is 7.00. The van der Waals surface area contributed by atoms with Gasteiger partial charge in [-0.2, -0.15) is 0 Å². The Bertz CT molecular complexity index is 178. The maximum atomic E-state index is 10.3. The Kier molecular flexibility index (Phi) is 5.17. The summed E-state index contributed by atoms with van der Waals surface area (Å²) in [4.78, 5) is 10.3. The molecular weight excluding hydrogens is 140 g/mol. The molecule has 0 aromatic carbocycles. The number of hydrogen-bond donors (Lipinski definition) is 1. The first-order chi connectivity index (χ1) is 5.20. The average Bonchev–Trinajstić information content (AvgIpc) is 1.97. The SMILES string of the molecule is C/C=C(\C=C/CC)CC(=O)O. The monoisotopic (exact) mass is 154 g/mol. The molecule has 0 aliphatic rings. The number of allylic oxidation sites excluding steroid dienone is 3. The molecule has 0 saturated carbocycles. The molecule has 0 saturated heterocycles. The topological polar surface area (TPSA) is 37.3 Å². The molecule has 0 heterocycles. The van der Waals surface area contributed by atoms with E-state index in [1.54, 1.807) is 0 Å². The lowest BCUT2D eigenvalue weighted by molar-refractivity contribution is -0.136. The van der Waals surface area contributed by atoms with Gasteiger partial charge in [0, 0.05) is 0 Å². The number of rotatable bonds is 4. The van der Waals surface area contributed by atoms with E-state index in [0.29, 0.717) is 0 Å². The average molecular weight is 154 g/mol. The van der Waals surface area contributed by atoms with Crippen LogP contribution >= 0.6 is 0 Å². The van der Waals surface area contributed by atoms with Crippen LogP contribution in [0.3, 0.4) is 0 Å². The van der Waals surface area contributed by atoms with Crippen LogP contribution in [-0.2, 0) is 4.79 Å². The molecular formula is C9H14O2. The summed E-state index contributed by atoms with van der Waals surface area (Å²) in [5, 5.41) is 8.44. The molecule has 11 heavy (non-hydrogen) atoms. The molecule has 0 aliphatic heterocycles. The van der Waals surface area contributed by atoms with Gasteiger partial charge in [0.05, 0.1) is 6.42 Å². The van der Waals surface area contributed by atoms with E-state index in [1.807, 2.05) is 32.1 Å². The summed E-state index contributed by atoms with van der Waals surface area (Å²) >= 11 is 0. The summed E-state index contributed by atoms with van der Waals surface area (Å²) in [6.45, 7) is 3.86. The number of aliphatic carboxylic acids is 1. The van der Waals surface area contributed by atoms with E-state index in [4.69, 9.17) is 5.11 Å². The zero-order valence-corrected chi connectivity index (χ0v) is 7.00. The van der Waals surface area contributed by atoms with Gasteiger partial charge in [-0.1, -0.05) is 25.2 Å². The van der Waals surface area contributed by atoms with E-state index in [9.17, 15) is 4.79 Å². The van der Waals surface area contributed by atoms with Gasteiger partial charge in [-0.25, -0.2) is 0 Å². The van der Waals surface area contributed by atoms with Crippen LogP contribution in [0.4, 0.5) is 0 Å². The van der Waals surface area contributed by atoms with Crippen molar-refractivity contribution < 1.29 is 9.90 Å². The third-order valence-electron chi connectivity index (χ3n) is 1.29.